The molecule has 0 aliphatic heterocycles. The SMILES string of the molecule is CSc1ccc(CNc2ccccc2SC(F)F)cc1. The Morgan fingerprint density at radius 3 is 2.40 bits per heavy atom. The molecule has 0 saturated heterocycles. The zero-order valence-corrected chi connectivity index (χ0v) is 12.6. The van der Waals surface area contributed by atoms with E-state index in [1.54, 1.807) is 23.9 Å². The van der Waals surface area contributed by atoms with Crippen LogP contribution in [-0.2, 0) is 6.54 Å². The molecule has 0 aromatic heterocycles. The van der Waals surface area contributed by atoms with E-state index in [2.05, 4.69) is 17.4 Å². The van der Waals surface area contributed by atoms with E-state index in [4.69, 9.17) is 0 Å². The van der Waals surface area contributed by atoms with E-state index < -0.39 is 5.76 Å². The van der Waals surface area contributed by atoms with E-state index in [1.165, 1.54) is 4.90 Å². The lowest BCUT2D eigenvalue weighted by Gasteiger charge is -2.11. The summed E-state index contributed by atoms with van der Waals surface area (Å²) in [7, 11) is 0. The molecule has 2 aromatic rings. The van der Waals surface area contributed by atoms with E-state index in [0.717, 1.165) is 11.3 Å². The predicted molar refractivity (Wildman–Crippen MR) is 83.9 cm³/mol. The van der Waals surface area contributed by atoms with Gasteiger partial charge in [0.25, 0.3) is 5.76 Å². The van der Waals surface area contributed by atoms with E-state index >= 15 is 0 Å². The Labute approximate surface area is 126 Å². The van der Waals surface area contributed by atoms with Crippen molar-refractivity contribution >= 4 is 29.2 Å². The second kappa shape index (κ2) is 7.55. The van der Waals surface area contributed by atoms with E-state index in [1.807, 2.05) is 30.5 Å². The Morgan fingerprint density at radius 1 is 1.05 bits per heavy atom. The van der Waals surface area contributed by atoms with Gasteiger partial charge in [0.1, 0.15) is 0 Å². The third-order valence-electron chi connectivity index (χ3n) is 2.75. The minimum atomic E-state index is -2.40. The lowest BCUT2D eigenvalue weighted by atomic mass is 10.2. The van der Waals surface area contributed by atoms with E-state index in [9.17, 15) is 8.78 Å². The van der Waals surface area contributed by atoms with Crippen molar-refractivity contribution in [2.24, 2.45) is 0 Å². The maximum atomic E-state index is 12.5. The lowest BCUT2D eigenvalue weighted by molar-refractivity contribution is 0.252. The third-order valence-corrected chi connectivity index (χ3v) is 4.28. The quantitative estimate of drug-likeness (QED) is 0.724. The highest BCUT2D eigenvalue weighted by molar-refractivity contribution is 7.99. The highest BCUT2D eigenvalue weighted by Crippen LogP contribution is 2.31. The molecule has 0 bridgehead atoms. The summed E-state index contributed by atoms with van der Waals surface area (Å²) in [6.07, 6.45) is 2.03. The fourth-order valence-corrected chi connectivity index (χ4v) is 2.78. The molecule has 0 atom stereocenters. The van der Waals surface area contributed by atoms with Crippen LogP contribution in [0.5, 0.6) is 0 Å². The van der Waals surface area contributed by atoms with Crippen LogP contribution in [0.1, 0.15) is 5.56 Å². The summed E-state index contributed by atoms with van der Waals surface area (Å²) < 4.78 is 25.0. The third kappa shape index (κ3) is 4.42. The highest BCUT2D eigenvalue weighted by Gasteiger charge is 2.09. The Hall–Kier alpha value is -1.20. The molecule has 106 valence electrons. The fraction of sp³-hybridized carbons (Fsp3) is 0.200. The Kier molecular flexibility index (Phi) is 5.73. The fourth-order valence-electron chi connectivity index (χ4n) is 1.75. The molecule has 0 amide bonds. The number of benzene rings is 2. The summed E-state index contributed by atoms with van der Waals surface area (Å²) in [4.78, 5) is 1.78. The largest absolute Gasteiger partial charge is 0.380 e. The first-order valence-electron chi connectivity index (χ1n) is 6.09. The zero-order valence-electron chi connectivity index (χ0n) is 11.0. The molecule has 0 aliphatic rings. The standard InChI is InChI=1S/C15H15F2NS2/c1-19-12-8-6-11(7-9-12)10-18-13-4-2-3-5-14(13)20-15(16)17/h2-9,15,18H,10H2,1H3. The van der Waals surface area contributed by atoms with E-state index in [-0.39, 0.29) is 0 Å². The van der Waals surface area contributed by atoms with Crippen LogP contribution in [0.3, 0.4) is 0 Å². The number of rotatable bonds is 6. The average molecular weight is 311 g/mol. The summed E-state index contributed by atoms with van der Waals surface area (Å²) in [5.74, 6) is -2.40. The van der Waals surface area contributed by atoms with Crippen molar-refractivity contribution in [1.29, 1.82) is 0 Å². The first kappa shape index (κ1) is 15.2. The molecule has 0 fully saturated rings. The molecule has 0 spiro atoms. The summed E-state index contributed by atoms with van der Waals surface area (Å²) in [6.45, 7) is 0.621. The van der Waals surface area contributed by atoms with Gasteiger partial charge in [-0.15, -0.1) is 11.8 Å². The van der Waals surface area contributed by atoms with Gasteiger partial charge >= 0.3 is 0 Å². The maximum Gasteiger partial charge on any atom is 0.288 e. The van der Waals surface area contributed by atoms with Gasteiger partial charge in [-0.1, -0.05) is 36.0 Å². The van der Waals surface area contributed by atoms with Crippen molar-refractivity contribution in [3.63, 3.8) is 0 Å². The number of nitrogens with one attached hydrogen (secondary N) is 1. The molecule has 1 N–H and O–H groups in total. The molecule has 0 heterocycles. The number of hydrogen-bond donors (Lipinski definition) is 1. The molecule has 20 heavy (non-hydrogen) atoms. The monoisotopic (exact) mass is 311 g/mol. The number of alkyl halides is 2. The number of anilines is 1. The summed E-state index contributed by atoms with van der Waals surface area (Å²) >= 11 is 2.26. The van der Waals surface area contributed by atoms with Gasteiger partial charge < -0.3 is 5.32 Å². The van der Waals surface area contributed by atoms with Crippen LogP contribution in [0.2, 0.25) is 0 Å². The summed E-state index contributed by atoms with van der Waals surface area (Å²) in [6, 6.07) is 15.3. The van der Waals surface area contributed by atoms with Gasteiger partial charge in [-0.2, -0.15) is 8.78 Å². The molecule has 2 aromatic carbocycles. The van der Waals surface area contributed by atoms with Crippen molar-refractivity contribution < 1.29 is 8.78 Å². The van der Waals surface area contributed by atoms with E-state index in [0.29, 0.717) is 23.2 Å². The van der Waals surface area contributed by atoms with Crippen LogP contribution < -0.4 is 5.32 Å². The Balaban J connectivity index is 2.02. The molecular weight excluding hydrogens is 296 g/mol. The molecule has 0 aliphatic carbocycles. The van der Waals surface area contributed by atoms with Gasteiger partial charge in [0.15, 0.2) is 0 Å². The average Bonchev–Trinajstić information content (AvgIpc) is 2.46. The van der Waals surface area contributed by atoms with Crippen LogP contribution in [0.4, 0.5) is 14.5 Å². The highest BCUT2D eigenvalue weighted by atomic mass is 32.2. The molecular formula is C15H15F2NS2. The van der Waals surface area contributed by atoms with Gasteiger partial charge in [-0.3, -0.25) is 0 Å². The Bertz CT molecular complexity index is 544. The van der Waals surface area contributed by atoms with Gasteiger partial charge in [0.2, 0.25) is 0 Å². The minimum Gasteiger partial charge on any atom is -0.380 e. The van der Waals surface area contributed by atoms with Crippen molar-refractivity contribution in [1.82, 2.24) is 0 Å². The molecule has 2 rings (SSSR count). The molecule has 1 nitrogen and oxygen atoms in total. The van der Waals surface area contributed by atoms with Crippen molar-refractivity contribution in [2.75, 3.05) is 11.6 Å². The van der Waals surface area contributed by atoms with Crippen molar-refractivity contribution in [3.05, 3.63) is 54.1 Å². The van der Waals surface area contributed by atoms with Crippen LogP contribution in [0, 0.1) is 0 Å². The van der Waals surface area contributed by atoms with Gasteiger partial charge in [-0.05, 0) is 36.1 Å². The number of hydrogen-bond acceptors (Lipinski definition) is 3. The molecule has 0 radical (unpaired) electrons. The maximum absolute atomic E-state index is 12.5. The molecule has 0 unspecified atom stereocenters. The van der Waals surface area contributed by atoms with Gasteiger partial charge in [0.05, 0.1) is 0 Å². The van der Waals surface area contributed by atoms with Crippen LogP contribution >= 0.6 is 23.5 Å². The number of para-hydroxylation sites is 1. The smallest absolute Gasteiger partial charge is 0.288 e. The minimum absolute atomic E-state index is 0.567. The number of thioether (sulfide) groups is 2. The second-order valence-electron chi connectivity index (χ2n) is 4.08. The zero-order chi connectivity index (χ0) is 14.4. The van der Waals surface area contributed by atoms with Gasteiger partial charge in [0, 0.05) is 22.0 Å². The van der Waals surface area contributed by atoms with Crippen molar-refractivity contribution in [3.8, 4) is 0 Å². The molecule has 5 heteroatoms. The van der Waals surface area contributed by atoms with Gasteiger partial charge in [-0.25, -0.2) is 0 Å². The van der Waals surface area contributed by atoms with Crippen LogP contribution in [0.25, 0.3) is 0 Å². The van der Waals surface area contributed by atoms with Crippen LogP contribution in [0.15, 0.2) is 58.3 Å². The summed E-state index contributed by atoms with van der Waals surface area (Å²) in [5, 5.41) is 3.21. The first-order valence-corrected chi connectivity index (χ1v) is 8.20. The second-order valence-corrected chi connectivity index (χ2v) is 5.99. The first-order chi connectivity index (χ1) is 9.69. The molecule has 0 saturated carbocycles. The number of halogens is 2. The topological polar surface area (TPSA) is 12.0 Å². The normalized spacial score (nSPS) is 10.8. The van der Waals surface area contributed by atoms with Crippen LogP contribution in [-0.4, -0.2) is 12.0 Å². The predicted octanol–water partition coefficient (Wildman–Crippen LogP) is 5.34. The van der Waals surface area contributed by atoms with Crippen molar-refractivity contribution in [2.45, 2.75) is 22.1 Å². The lowest BCUT2D eigenvalue weighted by Crippen LogP contribution is -2.00. The Morgan fingerprint density at radius 2 is 1.75 bits per heavy atom. The summed E-state index contributed by atoms with van der Waals surface area (Å²) in [5.41, 5.74) is 1.87.